The van der Waals surface area contributed by atoms with E-state index in [2.05, 4.69) is 15.9 Å². The van der Waals surface area contributed by atoms with Crippen LogP contribution in [0.4, 0.5) is 10.1 Å². The van der Waals surface area contributed by atoms with E-state index in [1.165, 1.54) is 12.1 Å². The van der Waals surface area contributed by atoms with Crippen molar-refractivity contribution in [3.8, 4) is 5.75 Å². The van der Waals surface area contributed by atoms with Gasteiger partial charge in [-0.1, -0.05) is 18.2 Å². The van der Waals surface area contributed by atoms with Crippen molar-refractivity contribution in [3.05, 3.63) is 67.9 Å². The van der Waals surface area contributed by atoms with Gasteiger partial charge in [-0.25, -0.2) is 0 Å². The molecule has 0 spiro atoms. The van der Waals surface area contributed by atoms with Crippen molar-refractivity contribution >= 4 is 21.6 Å². The summed E-state index contributed by atoms with van der Waals surface area (Å²) >= 11 is 3.34. The van der Waals surface area contributed by atoms with Crippen molar-refractivity contribution in [2.75, 3.05) is 0 Å². The molecule has 2 rings (SSSR count). The third-order valence-corrected chi connectivity index (χ3v) is 3.49. The van der Waals surface area contributed by atoms with E-state index in [-0.39, 0.29) is 12.2 Å². The maximum Gasteiger partial charge on any atom is 0.305 e. The largest absolute Gasteiger partial charge is 0.488 e. The van der Waals surface area contributed by atoms with Crippen LogP contribution in [0.3, 0.4) is 0 Å². The number of nitrogens with zero attached hydrogens (tertiary/aromatic N) is 1. The molecule has 2 aromatic carbocycles. The molecule has 5 nitrogen and oxygen atoms in total. The molecule has 0 fully saturated rings. The number of hydrogen-bond acceptors (Lipinski definition) is 4. The van der Waals surface area contributed by atoms with Crippen molar-refractivity contribution in [1.82, 2.24) is 0 Å². The van der Waals surface area contributed by atoms with E-state index in [1.807, 2.05) is 0 Å². The molecule has 21 heavy (non-hydrogen) atoms. The zero-order chi connectivity index (χ0) is 15.4. The minimum Gasteiger partial charge on any atom is -0.488 e. The third kappa shape index (κ3) is 3.56. The van der Waals surface area contributed by atoms with Gasteiger partial charge in [0, 0.05) is 18.2 Å². The van der Waals surface area contributed by atoms with Crippen molar-refractivity contribution < 1.29 is 14.1 Å². The molecule has 2 aromatic rings. The van der Waals surface area contributed by atoms with Gasteiger partial charge in [-0.3, -0.25) is 10.1 Å². The number of rotatable bonds is 5. The summed E-state index contributed by atoms with van der Waals surface area (Å²) in [6.07, 6.45) is 0. The Kier molecular flexibility index (Phi) is 4.87. The Morgan fingerprint density at radius 3 is 2.71 bits per heavy atom. The molecule has 0 unspecified atom stereocenters. The average molecular weight is 355 g/mol. The van der Waals surface area contributed by atoms with Gasteiger partial charge >= 0.3 is 5.69 Å². The van der Waals surface area contributed by atoms with Crippen LogP contribution in [0.1, 0.15) is 11.1 Å². The van der Waals surface area contributed by atoms with Crippen LogP contribution in [0.2, 0.25) is 0 Å². The fourth-order valence-corrected chi connectivity index (χ4v) is 2.30. The third-order valence-electron chi connectivity index (χ3n) is 2.87. The van der Waals surface area contributed by atoms with Crippen molar-refractivity contribution in [3.63, 3.8) is 0 Å². The minimum atomic E-state index is -0.878. The summed E-state index contributed by atoms with van der Waals surface area (Å²) in [4.78, 5) is 9.92. The predicted molar refractivity (Wildman–Crippen MR) is 79.4 cm³/mol. The maximum absolute atomic E-state index is 13.9. The van der Waals surface area contributed by atoms with Crippen LogP contribution in [0.15, 0.2) is 40.9 Å². The van der Waals surface area contributed by atoms with Gasteiger partial charge in [-0.15, -0.1) is 0 Å². The molecule has 110 valence electrons. The number of nitro benzene ring substituents is 1. The SMILES string of the molecule is NCc1ccc(OCc2cccc([N+](=O)[O-])c2F)c(Br)c1. The lowest BCUT2D eigenvalue weighted by Gasteiger charge is -2.10. The summed E-state index contributed by atoms with van der Waals surface area (Å²) in [6.45, 7) is 0.298. The molecular weight excluding hydrogens is 343 g/mol. The molecule has 0 aliphatic carbocycles. The van der Waals surface area contributed by atoms with E-state index >= 15 is 0 Å². The van der Waals surface area contributed by atoms with E-state index in [4.69, 9.17) is 10.5 Å². The Morgan fingerprint density at radius 2 is 2.10 bits per heavy atom. The second-order valence-electron chi connectivity index (χ2n) is 4.26. The normalized spacial score (nSPS) is 10.4. The van der Waals surface area contributed by atoms with E-state index in [0.717, 1.165) is 11.6 Å². The Morgan fingerprint density at radius 1 is 1.33 bits per heavy atom. The second-order valence-corrected chi connectivity index (χ2v) is 5.12. The summed E-state index contributed by atoms with van der Waals surface area (Å²) in [6, 6.07) is 9.30. The monoisotopic (exact) mass is 354 g/mol. The number of ether oxygens (including phenoxy) is 1. The fourth-order valence-electron chi connectivity index (χ4n) is 1.76. The Bertz CT molecular complexity index is 679. The number of nitro groups is 1. The van der Waals surface area contributed by atoms with E-state index < -0.39 is 16.4 Å². The average Bonchev–Trinajstić information content (AvgIpc) is 2.46. The number of hydrogen-bond donors (Lipinski definition) is 1. The van der Waals surface area contributed by atoms with Crippen LogP contribution in [-0.4, -0.2) is 4.92 Å². The van der Waals surface area contributed by atoms with Crippen LogP contribution >= 0.6 is 15.9 Å². The van der Waals surface area contributed by atoms with Gasteiger partial charge in [0.05, 0.1) is 9.40 Å². The Balaban J connectivity index is 2.17. The first-order chi connectivity index (χ1) is 10.0. The predicted octanol–water partition coefficient (Wildman–Crippen LogP) is 3.53. The molecule has 0 saturated carbocycles. The molecule has 2 N–H and O–H groups in total. The molecule has 0 saturated heterocycles. The van der Waals surface area contributed by atoms with Gasteiger partial charge in [0.2, 0.25) is 5.82 Å². The van der Waals surface area contributed by atoms with Crippen LogP contribution < -0.4 is 10.5 Å². The summed E-state index contributed by atoms with van der Waals surface area (Å²) in [5.74, 6) is -0.365. The summed E-state index contributed by atoms with van der Waals surface area (Å²) < 4.78 is 20.1. The van der Waals surface area contributed by atoms with Gasteiger partial charge in [-0.05, 0) is 33.6 Å². The van der Waals surface area contributed by atoms with Crippen molar-refractivity contribution in [2.24, 2.45) is 5.73 Å². The first-order valence-corrected chi connectivity index (χ1v) is 6.85. The highest BCUT2D eigenvalue weighted by Gasteiger charge is 2.17. The Hall–Kier alpha value is -1.99. The van der Waals surface area contributed by atoms with Crippen molar-refractivity contribution in [1.29, 1.82) is 0 Å². The van der Waals surface area contributed by atoms with Gasteiger partial charge in [-0.2, -0.15) is 4.39 Å². The van der Waals surface area contributed by atoms with Crippen LogP contribution in [0.5, 0.6) is 5.75 Å². The molecule has 7 heteroatoms. The van der Waals surface area contributed by atoms with Gasteiger partial charge in [0.15, 0.2) is 0 Å². The molecule has 0 aromatic heterocycles. The summed E-state index contributed by atoms with van der Waals surface area (Å²) in [5, 5.41) is 10.7. The maximum atomic E-state index is 13.9. The fraction of sp³-hybridized carbons (Fsp3) is 0.143. The van der Waals surface area contributed by atoms with Crippen molar-refractivity contribution in [2.45, 2.75) is 13.2 Å². The van der Waals surface area contributed by atoms with Gasteiger partial charge < -0.3 is 10.5 Å². The zero-order valence-electron chi connectivity index (χ0n) is 10.9. The molecule has 0 bridgehead atoms. The molecule has 0 heterocycles. The standard InChI is InChI=1S/C14H12BrFN2O3/c15-11-6-9(7-17)4-5-13(11)21-8-10-2-1-3-12(14(10)16)18(19)20/h1-6H,7-8,17H2. The molecule has 0 amide bonds. The van der Waals surface area contributed by atoms with E-state index in [1.54, 1.807) is 18.2 Å². The number of benzene rings is 2. The molecule has 0 aliphatic rings. The summed E-state index contributed by atoms with van der Waals surface area (Å²) in [5.41, 5.74) is 6.01. The number of halogens is 2. The topological polar surface area (TPSA) is 78.4 Å². The molecule has 0 atom stereocenters. The van der Waals surface area contributed by atoms with E-state index in [0.29, 0.717) is 16.8 Å². The highest BCUT2D eigenvalue weighted by atomic mass is 79.9. The lowest BCUT2D eigenvalue weighted by atomic mass is 10.2. The molecular formula is C14H12BrFN2O3. The smallest absolute Gasteiger partial charge is 0.305 e. The highest BCUT2D eigenvalue weighted by molar-refractivity contribution is 9.10. The zero-order valence-corrected chi connectivity index (χ0v) is 12.5. The van der Waals surface area contributed by atoms with Crippen LogP contribution in [-0.2, 0) is 13.2 Å². The lowest BCUT2D eigenvalue weighted by Crippen LogP contribution is -2.02. The van der Waals surface area contributed by atoms with Crippen LogP contribution in [0, 0.1) is 15.9 Å². The van der Waals surface area contributed by atoms with Gasteiger partial charge in [0.25, 0.3) is 0 Å². The highest BCUT2D eigenvalue weighted by Crippen LogP contribution is 2.28. The van der Waals surface area contributed by atoms with Gasteiger partial charge in [0.1, 0.15) is 12.4 Å². The first-order valence-electron chi connectivity index (χ1n) is 6.06. The lowest BCUT2D eigenvalue weighted by molar-refractivity contribution is -0.387. The minimum absolute atomic E-state index is 0.103. The molecule has 0 radical (unpaired) electrons. The van der Waals surface area contributed by atoms with Crippen LogP contribution in [0.25, 0.3) is 0 Å². The quantitative estimate of drug-likeness (QED) is 0.657. The first kappa shape index (κ1) is 15.4. The summed E-state index contributed by atoms with van der Waals surface area (Å²) in [7, 11) is 0. The Labute approximate surface area is 128 Å². The molecule has 0 aliphatic heterocycles. The second kappa shape index (κ2) is 6.64. The number of nitrogens with two attached hydrogens (primary N) is 1. The van der Waals surface area contributed by atoms with E-state index in [9.17, 15) is 14.5 Å².